The maximum atomic E-state index is 9.66. The zero-order valence-corrected chi connectivity index (χ0v) is 17.1. The van der Waals surface area contributed by atoms with Crippen LogP contribution >= 0.6 is 0 Å². The van der Waals surface area contributed by atoms with Crippen LogP contribution < -0.4 is 20.3 Å². The number of rotatable bonds is 7. The van der Waals surface area contributed by atoms with Crippen molar-refractivity contribution in [2.24, 2.45) is 5.73 Å². The molecule has 2 fully saturated rings. The van der Waals surface area contributed by atoms with Gasteiger partial charge in [0.1, 0.15) is 30.1 Å². The highest BCUT2D eigenvalue weighted by molar-refractivity contribution is 5.64. The van der Waals surface area contributed by atoms with Crippen LogP contribution in [0.25, 0.3) is 11.4 Å². The van der Waals surface area contributed by atoms with Crippen molar-refractivity contribution in [2.45, 2.75) is 6.10 Å². The lowest BCUT2D eigenvalue weighted by Crippen LogP contribution is -2.38. The van der Waals surface area contributed by atoms with E-state index in [9.17, 15) is 5.11 Å². The SMILES string of the molecule is NCC(O)COc1cccc(-c2nc(N3CCOCC3)cc(N3CCOCC3)n2)c1. The van der Waals surface area contributed by atoms with Crippen LogP contribution in [-0.2, 0) is 9.47 Å². The molecule has 9 heteroatoms. The molecule has 0 aliphatic carbocycles. The first-order valence-electron chi connectivity index (χ1n) is 10.4. The molecule has 2 aliphatic rings. The fourth-order valence-corrected chi connectivity index (χ4v) is 3.45. The third-order valence-corrected chi connectivity index (χ3v) is 5.18. The van der Waals surface area contributed by atoms with E-state index in [4.69, 9.17) is 29.9 Å². The van der Waals surface area contributed by atoms with Crippen LogP contribution in [0.3, 0.4) is 0 Å². The highest BCUT2D eigenvalue weighted by Crippen LogP contribution is 2.27. The third-order valence-electron chi connectivity index (χ3n) is 5.18. The van der Waals surface area contributed by atoms with Crippen LogP contribution in [0, 0.1) is 0 Å². The van der Waals surface area contributed by atoms with E-state index in [-0.39, 0.29) is 13.2 Å². The Morgan fingerprint density at radius 2 is 1.57 bits per heavy atom. The Morgan fingerprint density at radius 3 is 2.13 bits per heavy atom. The molecular weight excluding hydrogens is 386 g/mol. The zero-order valence-electron chi connectivity index (χ0n) is 17.1. The van der Waals surface area contributed by atoms with Gasteiger partial charge in [-0.05, 0) is 12.1 Å². The predicted octanol–water partition coefficient (Wildman–Crippen LogP) is 0.515. The van der Waals surface area contributed by atoms with Gasteiger partial charge < -0.3 is 34.9 Å². The molecule has 3 heterocycles. The van der Waals surface area contributed by atoms with Crippen LogP contribution in [0.2, 0.25) is 0 Å². The van der Waals surface area contributed by atoms with E-state index in [0.29, 0.717) is 38.0 Å². The number of aliphatic hydroxyl groups excluding tert-OH is 1. The number of nitrogens with two attached hydrogens (primary N) is 1. The Labute approximate surface area is 176 Å². The van der Waals surface area contributed by atoms with Gasteiger partial charge in [0.05, 0.1) is 26.4 Å². The van der Waals surface area contributed by atoms with Crippen molar-refractivity contribution in [2.75, 3.05) is 75.6 Å². The first kappa shape index (κ1) is 20.8. The van der Waals surface area contributed by atoms with Gasteiger partial charge in [0.25, 0.3) is 0 Å². The second-order valence-electron chi connectivity index (χ2n) is 7.34. The van der Waals surface area contributed by atoms with E-state index < -0.39 is 6.10 Å². The maximum absolute atomic E-state index is 9.66. The number of nitrogens with zero attached hydrogens (tertiary/aromatic N) is 4. The summed E-state index contributed by atoms with van der Waals surface area (Å²) in [7, 11) is 0. The molecule has 1 aromatic carbocycles. The summed E-state index contributed by atoms with van der Waals surface area (Å²) in [6.45, 7) is 6.30. The molecule has 30 heavy (non-hydrogen) atoms. The Morgan fingerprint density at radius 1 is 0.967 bits per heavy atom. The quantitative estimate of drug-likeness (QED) is 0.669. The van der Waals surface area contributed by atoms with E-state index in [2.05, 4.69) is 15.9 Å². The molecule has 0 radical (unpaired) electrons. The topological polar surface area (TPSA) is 106 Å². The summed E-state index contributed by atoms with van der Waals surface area (Å²) in [5.74, 6) is 3.09. The monoisotopic (exact) mass is 415 g/mol. The van der Waals surface area contributed by atoms with Crippen molar-refractivity contribution in [3.63, 3.8) is 0 Å². The summed E-state index contributed by atoms with van der Waals surface area (Å²) in [5.41, 5.74) is 6.32. The number of morpholine rings is 2. The first-order valence-corrected chi connectivity index (χ1v) is 10.4. The minimum Gasteiger partial charge on any atom is -0.491 e. The Bertz CT molecular complexity index is 789. The smallest absolute Gasteiger partial charge is 0.163 e. The van der Waals surface area contributed by atoms with Crippen molar-refractivity contribution in [1.29, 1.82) is 0 Å². The Balaban J connectivity index is 1.64. The molecular formula is C21H29N5O4. The molecule has 2 aliphatic heterocycles. The summed E-state index contributed by atoms with van der Waals surface area (Å²) >= 11 is 0. The largest absolute Gasteiger partial charge is 0.491 e. The van der Waals surface area contributed by atoms with E-state index in [0.717, 1.165) is 43.4 Å². The van der Waals surface area contributed by atoms with E-state index >= 15 is 0 Å². The second-order valence-corrected chi connectivity index (χ2v) is 7.34. The average Bonchev–Trinajstić information content (AvgIpc) is 2.83. The fourth-order valence-electron chi connectivity index (χ4n) is 3.45. The Hall–Kier alpha value is -2.46. The lowest BCUT2D eigenvalue weighted by molar-refractivity contribution is 0.114. The first-order chi connectivity index (χ1) is 14.7. The molecule has 0 saturated carbocycles. The van der Waals surface area contributed by atoms with Crippen molar-refractivity contribution in [3.8, 4) is 17.1 Å². The molecule has 2 aromatic rings. The highest BCUT2D eigenvalue weighted by Gasteiger charge is 2.20. The number of aliphatic hydroxyl groups is 1. The van der Waals surface area contributed by atoms with Crippen molar-refractivity contribution < 1.29 is 19.3 Å². The van der Waals surface area contributed by atoms with Gasteiger partial charge in [0, 0.05) is 44.4 Å². The van der Waals surface area contributed by atoms with E-state index in [1.165, 1.54) is 0 Å². The second kappa shape index (κ2) is 10.0. The van der Waals surface area contributed by atoms with Gasteiger partial charge in [-0.3, -0.25) is 0 Å². The number of hydrogen-bond donors (Lipinski definition) is 2. The van der Waals surface area contributed by atoms with Crippen molar-refractivity contribution in [1.82, 2.24) is 9.97 Å². The standard InChI is InChI=1S/C21H29N5O4/c22-14-17(27)15-30-18-3-1-2-16(12-18)21-23-19(25-4-8-28-9-5-25)13-20(24-21)26-6-10-29-11-7-26/h1-3,12-13,17,27H,4-11,14-15,22H2. The third kappa shape index (κ3) is 5.17. The van der Waals surface area contributed by atoms with Crippen LogP contribution in [0.15, 0.2) is 30.3 Å². The van der Waals surface area contributed by atoms with Crippen LogP contribution in [-0.4, -0.2) is 86.9 Å². The molecule has 1 aromatic heterocycles. The normalized spacial score (nSPS) is 18.3. The molecule has 4 rings (SSSR count). The molecule has 9 nitrogen and oxygen atoms in total. The van der Waals surface area contributed by atoms with Gasteiger partial charge in [-0.1, -0.05) is 12.1 Å². The minimum absolute atomic E-state index is 0.146. The number of hydrogen-bond acceptors (Lipinski definition) is 9. The lowest BCUT2D eigenvalue weighted by Gasteiger charge is -2.31. The molecule has 1 atom stereocenters. The van der Waals surface area contributed by atoms with Crippen LogP contribution in [0.1, 0.15) is 0 Å². The van der Waals surface area contributed by atoms with E-state index in [1.807, 2.05) is 24.3 Å². The molecule has 0 amide bonds. The van der Waals surface area contributed by atoms with Gasteiger partial charge in [0.15, 0.2) is 5.82 Å². The number of anilines is 2. The minimum atomic E-state index is -0.692. The highest BCUT2D eigenvalue weighted by atomic mass is 16.5. The summed E-state index contributed by atoms with van der Waals surface area (Å²) in [4.78, 5) is 14.2. The molecule has 0 bridgehead atoms. The van der Waals surface area contributed by atoms with Crippen LogP contribution in [0.4, 0.5) is 11.6 Å². The van der Waals surface area contributed by atoms with Crippen LogP contribution in [0.5, 0.6) is 5.75 Å². The van der Waals surface area contributed by atoms with Gasteiger partial charge in [-0.25, -0.2) is 9.97 Å². The van der Waals surface area contributed by atoms with Gasteiger partial charge >= 0.3 is 0 Å². The Kier molecular flexibility index (Phi) is 6.96. The zero-order chi connectivity index (χ0) is 20.8. The molecule has 2 saturated heterocycles. The molecule has 1 unspecified atom stereocenters. The van der Waals surface area contributed by atoms with Gasteiger partial charge in [-0.15, -0.1) is 0 Å². The van der Waals surface area contributed by atoms with Crippen molar-refractivity contribution in [3.05, 3.63) is 30.3 Å². The average molecular weight is 415 g/mol. The molecule has 3 N–H and O–H groups in total. The van der Waals surface area contributed by atoms with Gasteiger partial charge in [-0.2, -0.15) is 0 Å². The number of benzene rings is 1. The van der Waals surface area contributed by atoms with Crippen molar-refractivity contribution >= 4 is 11.6 Å². The summed E-state index contributed by atoms with van der Waals surface area (Å²) < 4.78 is 16.7. The molecule has 162 valence electrons. The molecule has 0 spiro atoms. The summed E-state index contributed by atoms with van der Waals surface area (Å²) in [5, 5.41) is 9.66. The number of ether oxygens (including phenoxy) is 3. The lowest BCUT2D eigenvalue weighted by atomic mass is 10.2. The number of aromatic nitrogens is 2. The predicted molar refractivity (Wildman–Crippen MR) is 114 cm³/mol. The summed E-state index contributed by atoms with van der Waals surface area (Å²) in [6, 6.07) is 9.66. The van der Waals surface area contributed by atoms with E-state index in [1.54, 1.807) is 0 Å². The van der Waals surface area contributed by atoms with Gasteiger partial charge in [0.2, 0.25) is 0 Å². The summed E-state index contributed by atoms with van der Waals surface area (Å²) in [6.07, 6.45) is -0.692. The maximum Gasteiger partial charge on any atom is 0.163 e. The fraction of sp³-hybridized carbons (Fsp3) is 0.524.